The molecule has 3 rings (SSSR count). The van der Waals surface area contributed by atoms with Crippen molar-refractivity contribution in [3.63, 3.8) is 0 Å². The molecule has 22 heavy (non-hydrogen) atoms. The number of thiocarbonyl (C=S) groups is 1. The molecule has 0 unspecified atom stereocenters. The van der Waals surface area contributed by atoms with Gasteiger partial charge in [0, 0.05) is 29.4 Å². The summed E-state index contributed by atoms with van der Waals surface area (Å²) in [6.45, 7) is 2.94. The monoisotopic (exact) mass is 327 g/mol. The Morgan fingerprint density at radius 1 is 1.23 bits per heavy atom. The zero-order valence-corrected chi connectivity index (χ0v) is 14.0. The molecule has 0 spiro atoms. The lowest BCUT2D eigenvalue weighted by Gasteiger charge is -2.21. The van der Waals surface area contributed by atoms with Crippen LogP contribution in [0.2, 0.25) is 0 Å². The van der Waals surface area contributed by atoms with Crippen molar-refractivity contribution in [1.29, 1.82) is 0 Å². The summed E-state index contributed by atoms with van der Waals surface area (Å²) in [6.07, 6.45) is 1.81. The third-order valence-corrected chi connectivity index (χ3v) is 4.89. The van der Waals surface area contributed by atoms with E-state index < -0.39 is 0 Å². The fourth-order valence-corrected chi connectivity index (χ4v) is 3.53. The molecular weight excluding hydrogens is 310 g/mol. The van der Waals surface area contributed by atoms with Crippen molar-refractivity contribution < 1.29 is 0 Å². The molecule has 0 atom stereocenters. The lowest BCUT2D eigenvalue weighted by Crippen LogP contribution is -2.27. The maximum atomic E-state index is 5.60. The van der Waals surface area contributed by atoms with Crippen LogP contribution in [-0.2, 0) is 5.75 Å². The number of anilines is 1. The maximum Gasteiger partial charge on any atom is 0.142 e. The van der Waals surface area contributed by atoms with Gasteiger partial charge < -0.3 is 9.88 Å². The molecule has 0 saturated heterocycles. The number of H-pyrrole nitrogens is 1. The normalized spacial score (nSPS) is 10.8. The highest BCUT2D eigenvalue weighted by Crippen LogP contribution is 2.25. The van der Waals surface area contributed by atoms with Crippen molar-refractivity contribution in [3.05, 3.63) is 60.4 Å². The third kappa shape index (κ3) is 3.31. The minimum Gasteiger partial charge on any atom is -0.341 e. The van der Waals surface area contributed by atoms with Gasteiger partial charge in [0.25, 0.3) is 0 Å². The molecule has 0 aliphatic carbocycles. The van der Waals surface area contributed by atoms with Gasteiger partial charge in [0.2, 0.25) is 0 Å². The van der Waals surface area contributed by atoms with E-state index in [1.165, 1.54) is 5.39 Å². The lowest BCUT2D eigenvalue weighted by molar-refractivity contribution is 1.06. The summed E-state index contributed by atoms with van der Waals surface area (Å²) >= 11 is 7.24. The molecular formula is C17H17N3S2. The fraction of sp³-hybridized carbons (Fsp3) is 0.176. The summed E-state index contributed by atoms with van der Waals surface area (Å²) in [7, 11) is 0. The Hall–Kier alpha value is -1.85. The number of nitrogens with zero attached hydrogens (tertiary/aromatic N) is 2. The quantitative estimate of drug-likeness (QED) is 0.709. The zero-order chi connectivity index (χ0) is 15.4. The molecule has 0 fully saturated rings. The first kappa shape index (κ1) is 15.1. The number of aromatic amines is 1. The van der Waals surface area contributed by atoms with Crippen LogP contribution < -0.4 is 4.90 Å². The molecule has 2 aromatic heterocycles. The Morgan fingerprint density at radius 2 is 2.05 bits per heavy atom. The topological polar surface area (TPSA) is 31.9 Å². The van der Waals surface area contributed by atoms with Crippen LogP contribution in [0.5, 0.6) is 0 Å². The van der Waals surface area contributed by atoms with Crippen molar-refractivity contribution in [2.24, 2.45) is 0 Å². The first-order valence-corrected chi connectivity index (χ1v) is 8.59. The number of para-hydroxylation sites is 1. The predicted molar refractivity (Wildman–Crippen MR) is 99.4 cm³/mol. The summed E-state index contributed by atoms with van der Waals surface area (Å²) in [5.74, 6) is 1.83. The summed E-state index contributed by atoms with van der Waals surface area (Å²) in [5.41, 5.74) is 2.18. The summed E-state index contributed by atoms with van der Waals surface area (Å²) in [6, 6.07) is 16.4. The van der Waals surface area contributed by atoms with E-state index in [0.717, 1.165) is 33.6 Å². The number of thioether (sulfide) groups is 1. The van der Waals surface area contributed by atoms with Crippen molar-refractivity contribution in [1.82, 2.24) is 9.97 Å². The van der Waals surface area contributed by atoms with E-state index in [0.29, 0.717) is 0 Å². The molecule has 0 bridgehead atoms. The lowest BCUT2D eigenvalue weighted by atomic mass is 10.2. The van der Waals surface area contributed by atoms with E-state index >= 15 is 0 Å². The molecule has 0 saturated carbocycles. The van der Waals surface area contributed by atoms with E-state index in [4.69, 9.17) is 12.2 Å². The Morgan fingerprint density at radius 3 is 2.77 bits per heavy atom. The van der Waals surface area contributed by atoms with Crippen LogP contribution in [0.3, 0.4) is 0 Å². The van der Waals surface area contributed by atoms with Crippen LogP contribution in [0.15, 0.2) is 54.7 Å². The highest BCUT2D eigenvalue weighted by Gasteiger charge is 2.13. The van der Waals surface area contributed by atoms with E-state index in [-0.39, 0.29) is 0 Å². The largest absolute Gasteiger partial charge is 0.341 e. The standard InChI is InChI=1S/C17H17N3S2/c1-2-20(16-11-13-7-3-4-9-15(13)19-16)17(21)22-12-14-8-5-6-10-18-14/h3-11,19H,2,12H2,1H3. The second-order valence-corrected chi connectivity index (χ2v) is 6.47. The van der Waals surface area contributed by atoms with Crippen molar-refractivity contribution in [3.8, 4) is 0 Å². The van der Waals surface area contributed by atoms with Gasteiger partial charge in [-0.3, -0.25) is 4.98 Å². The summed E-state index contributed by atoms with van der Waals surface area (Å²) in [5, 5.41) is 1.20. The smallest absolute Gasteiger partial charge is 0.142 e. The number of benzene rings is 1. The minimum atomic E-state index is 0.788. The number of nitrogens with one attached hydrogen (secondary N) is 1. The average Bonchev–Trinajstić information content (AvgIpc) is 2.98. The molecule has 0 aliphatic heterocycles. The van der Waals surface area contributed by atoms with Crippen LogP contribution in [0.4, 0.5) is 5.82 Å². The predicted octanol–water partition coefficient (Wildman–Crippen LogP) is 4.61. The average molecular weight is 327 g/mol. The molecule has 0 aliphatic rings. The molecule has 3 nitrogen and oxygen atoms in total. The molecule has 2 heterocycles. The number of hydrogen-bond donors (Lipinski definition) is 1. The number of pyridine rings is 1. The third-order valence-electron chi connectivity index (χ3n) is 3.41. The summed E-state index contributed by atoms with van der Waals surface area (Å²) < 4.78 is 0.861. The van der Waals surface area contributed by atoms with Gasteiger partial charge in [0.05, 0.1) is 5.69 Å². The molecule has 5 heteroatoms. The Labute approximate surface area is 139 Å². The zero-order valence-electron chi connectivity index (χ0n) is 12.3. The van der Waals surface area contributed by atoms with E-state index in [9.17, 15) is 0 Å². The minimum absolute atomic E-state index is 0.788. The SMILES string of the molecule is CCN(C(=S)SCc1ccccn1)c1cc2ccccc2[nH]1. The van der Waals surface area contributed by atoms with Gasteiger partial charge in [-0.05, 0) is 31.2 Å². The van der Waals surface area contributed by atoms with Crippen LogP contribution in [-0.4, -0.2) is 20.8 Å². The first-order chi connectivity index (χ1) is 10.8. The van der Waals surface area contributed by atoms with Crippen LogP contribution in [0.25, 0.3) is 10.9 Å². The fourth-order valence-electron chi connectivity index (χ4n) is 2.30. The van der Waals surface area contributed by atoms with Gasteiger partial charge in [-0.15, -0.1) is 0 Å². The molecule has 112 valence electrons. The molecule has 3 aromatic rings. The molecule has 0 radical (unpaired) electrons. The maximum absolute atomic E-state index is 5.60. The van der Waals surface area contributed by atoms with E-state index in [2.05, 4.69) is 40.0 Å². The number of rotatable bonds is 4. The van der Waals surface area contributed by atoms with Gasteiger partial charge >= 0.3 is 0 Å². The van der Waals surface area contributed by atoms with Gasteiger partial charge in [-0.1, -0.05) is 48.2 Å². The van der Waals surface area contributed by atoms with Gasteiger partial charge in [0.1, 0.15) is 10.1 Å². The van der Waals surface area contributed by atoms with Gasteiger partial charge in [0.15, 0.2) is 0 Å². The van der Waals surface area contributed by atoms with Crippen LogP contribution in [0, 0.1) is 0 Å². The van der Waals surface area contributed by atoms with Crippen molar-refractivity contribution in [2.75, 3.05) is 11.4 Å². The summed E-state index contributed by atoms with van der Waals surface area (Å²) in [4.78, 5) is 9.90. The highest BCUT2D eigenvalue weighted by molar-refractivity contribution is 8.22. The Bertz CT molecular complexity index is 735. The second-order valence-electron chi connectivity index (χ2n) is 4.86. The van der Waals surface area contributed by atoms with E-state index in [1.54, 1.807) is 11.8 Å². The van der Waals surface area contributed by atoms with E-state index in [1.807, 2.05) is 36.5 Å². The van der Waals surface area contributed by atoms with Gasteiger partial charge in [-0.2, -0.15) is 0 Å². The van der Waals surface area contributed by atoms with Gasteiger partial charge in [-0.25, -0.2) is 0 Å². The number of hydrogen-bond acceptors (Lipinski definition) is 3. The molecule has 1 aromatic carbocycles. The van der Waals surface area contributed by atoms with Crippen LogP contribution >= 0.6 is 24.0 Å². The second kappa shape index (κ2) is 6.94. The first-order valence-electron chi connectivity index (χ1n) is 7.20. The van der Waals surface area contributed by atoms with Crippen LogP contribution in [0.1, 0.15) is 12.6 Å². The number of fused-ring (bicyclic) bond motifs is 1. The Balaban J connectivity index is 1.74. The van der Waals surface area contributed by atoms with Crippen molar-refractivity contribution >= 4 is 45.0 Å². The Kier molecular flexibility index (Phi) is 4.75. The highest BCUT2D eigenvalue weighted by atomic mass is 32.2. The van der Waals surface area contributed by atoms with Crippen molar-refractivity contribution in [2.45, 2.75) is 12.7 Å². The molecule has 1 N–H and O–H groups in total. The molecule has 0 amide bonds. The number of aromatic nitrogens is 2.